The highest BCUT2D eigenvalue weighted by Gasteiger charge is 2.32. The molecule has 2 nitrogen and oxygen atoms in total. The van der Waals surface area contributed by atoms with Crippen LogP contribution >= 0.6 is 0 Å². The molecule has 2 aromatic carbocycles. The molecule has 0 heterocycles. The number of hydrogen-bond acceptors (Lipinski definition) is 2. The standard InChI is InChI=1S/C23H24O2/c1-2-20-15-19(14-13-18-9-5-3-6-10-18)16-22(20)17-25-23(24)21-11-7-4-8-12-21/h2-14,19-20,22H,1,15-17H2/b14-13+. The van der Waals surface area contributed by atoms with Crippen molar-refractivity contribution in [3.8, 4) is 0 Å². The summed E-state index contributed by atoms with van der Waals surface area (Å²) in [5.41, 5.74) is 1.83. The van der Waals surface area contributed by atoms with Crippen molar-refractivity contribution < 1.29 is 9.53 Å². The Kier molecular flexibility index (Phi) is 5.84. The SMILES string of the molecule is C=CC1CC(/C=C/c2ccccc2)CC1COC(=O)c1ccccc1. The van der Waals surface area contributed by atoms with E-state index in [9.17, 15) is 4.79 Å². The van der Waals surface area contributed by atoms with E-state index in [2.05, 4.69) is 30.9 Å². The van der Waals surface area contributed by atoms with E-state index in [-0.39, 0.29) is 5.97 Å². The second-order valence-electron chi connectivity index (χ2n) is 6.63. The maximum Gasteiger partial charge on any atom is 0.338 e. The van der Waals surface area contributed by atoms with Crippen LogP contribution in [-0.2, 0) is 4.74 Å². The normalized spacial score (nSPS) is 22.8. The molecule has 3 unspecified atom stereocenters. The smallest absolute Gasteiger partial charge is 0.338 e. The molecule has 0 saturated heterocycles. The zero-order chi connectivity index (χ0) is 17.5. The van der Waals surface area contributed by atoms with Gasteiger partial charge in [0.05, 0.1) is 12.2 Å². The molecule has 0 spiro atoms. The molecule has 1 saturated carbocycles. The molecule has 25 heavy (non-hydrogen) atoms. The van der Waals surface area contributed by atoms with Gasteiger partial charge in [-0.3, -0.25) is 0 Å². The second-order valence-corrected chi connectivity index (χ2v) is 6.63. The lowest BCUT2D eigenvalue weighted by Crippen LogP contribution is -2.16. The first-order valence-electron chi connectivity index (χ1n) is 8.84. The Bertz CT molecular complexity index is 718. The van der Waals surface area contributed by atoms with Crippen molar-refractivity contribution in [1.82, 2.24) is 0 Å². The minimum Gasteiger partial charge on any atom is -0.462 e. The highest BCUT2D eigenvalue weighted by molar-refractivity contribution is 5.89. The van der Waals surface area contributed by atoms with Gasteiger partial charge in [0.25, 0.3) is 0 Å². The van der Waals surface area contributed by atoms with E-state index in [0.717, 1.165) is 12.8 Å². The second kappa shape index (κ2) is 8.48. The number of rotatable bonds is 6. The number of hydrogen-bond donors (Lipinski definition) is 0. The van der Waals surface area contributed by atoms with Gasteiger partial charge in [-0.1, -0.05) is 66.8 Å². The third kappa shape index (κ3) is 4.69. The zero-order valence-corrected chi connectivity index (χ0v) is 14.4. The molecule has 1 aliphatic rings. The Morgan fingerprint density at radius 3 is 2.40 bits per heavy atom. The van der Waals surface area contributed by atoms with E-state index in [1.807, 2.05) is 42.5 Å². The molecule has 3 atom stereocenters. The number of carbonyl (C=O) groups excluding carboxylic acids is 1. The van der Waals surface area contributed by atoms with Crippen LogP contribution in [-0.4, -0.2) is 12.6 Å². The fraction of sp³-hybridized carbons (Fsp3) is 0.261. The van der Waals surface area contributed by atoms with Crippen LogP contribution in [0, 0.1) is 17.8 Å². The van der Waals surface area contributed by atoms with Crippen LogP contribution in [0.4, 0.5) is 0 Å². The molecule has 128 valence electrons. The number of benzene rings is 2. The van der Waals surface area contributed by atoms with Gasteiger partial charge in [0, 0.05) is 0 Å². The Hall–Kier alpha value is -2.61. The van der Waals surface area contributed by atoms with Crippen LogP contribution in [0.3, 0.4) is 0 Å². The highest BCUT2D eigenvalue weighted by atomic mass is 16.5. The van der Waals surface area contributed by atoms with E-state index in [1.165, 1.54) is 5.56 Å². The van der Waals surface area contributed by atoms with Crippen LogP contribution in [0.15, 0.2) is 79.4 Å². The molecule has 1 aliphatic carbocycles. The summed E-state index contributed by atoms with van der Waals surface area (Å²) in [5, 5.41) is 0. The summed E-state index contributed by atoms with van der Waals surface area (Å²) in [6, 6.07) is 19.5. The Morgan fingerprint density at radius 2 is 1.72 bits per heavy atom. The summed E-state index contributed by atoms with van der Waals surface area (Å²) >= 11 is 0. The average Bonchev–Trinajstić information content (AvgIpc) is 3.08. The molecule has 0 N–H and O–H groups in total. The number of esters is 1. The maximum absolute atomic E-state index is 12.1. The van der Waals surface area contributed by atoms with E-state index in [4.69, 9.17) is 4.74 Å². The van der Waals surface area contributed by atoms with Gasteiger partial charge in [-0.25, -0.2) is 4.79 Å². The number of ether oxygens (including phenoxy) is 1. The summed E-state index contributed by atoms with van der Waals surface area (Å²) in [5.74, 6) is 1.000. The van der Waals surface area contributed by atoms with Crippen LogP contribution in [0.2, 0.25) is 0 Å². The quantitative estimate of drug-likeness (QED) is 0.524. The van der Waals surface area contributed by atoms with Gasteiger partial charge < -0.3 is 4.74 Å². The van der Waals surface area contributed by atoms with Crippen molar-refractivity contribution in [3.05, 3.63) is 90.5 Å². The van der Waals surface area contributed by atoms with Gasteiger partial charge in [0.15, 0.2) is 0 Å². The lowest BCUT2D eigenvalue weighted by Gasteiger charge is -2.15. The maximum atomic E-state index is 12.1. The van der Waals surface area contributed by atoms with Gasteiger partial charge in [0.2, 0.25) is 0 Å². The highest BCUT2D eigenvalue weighted by Crippen LogP contribution is 2.38. The van der Waals surface area contributed by atoms with Crippen molar-refractivity contribution in [2.45, 2.75) is 12.8 Å². The molecule has 0 amide bonds. The fourth-order valence-corrected chi connectivity index (χ4v) is 3.49. The summed E-state index contributed by atoms with van der Waals surface area (Å²) in [6.45, 7) is 4.42. The van der Waals surface area contributed by atoms with Crippen molar-refractivity contribution in [1.29, 1.82) is 0 Å². The first-order valence-corrected chi connectivity index (χ1v) is 8.84. The van der Waals surface area contributed by atoms with Crippen molar-refractivity contribution in [2.75, 3.05) is 6.61 Å². The zero-order valence-electron chi connectivity index (χ0n) is 14.4. The van der Waals surface area contributed by atoms with E-state index in [0.29, 0.717) is 29.9 Å². The largest absolute Gasteiger partial charge is 0.462 e. The third-order valence-corrected chi connectivity index (χ3v) is 4.89. The van der Waals surface area contributed by atoms with E-state index in [1.54, 1.807) is 12.1 Å². The molecule has 2 heteroatoms. The molecule has 0 radical (unpaired) electrons. The molecular formula is C23H24O2. The van der Waals surface area contributed by atoms with Crippen molar-refractivity contribution in [3.63, 3.8) is 0 Å². The van der Waals surface area contributed by atoms with Gasteiger partial charge in [0.1, 0.15) is 0 Å². The molecule has 0 aromatic heterocycles. The van der Waals surface area contributed by atoms with Crippen LogP contribution in [0.1, 0.15) is 28.8 Å². The van der Waals surface area contributed by atoms with Crippen LogP contribution in [0.25, 0.3) is 6.08 Å². The fourth-order valence-electron chi connectivity index (χ4n) is 3.49. The van der Waals surface area contributed by atoms with E-state index < -0.39 is 0 Å². The first-order chi connectivity index (χ1) is 12.3. The van der Waals surface area contributed by atoms with E-state index >= 15 is 0 Å². The minimum absolute atomic E-state index is 0.244. The lowest BCUT2D eigenvalue weighted by molar-refractivity contribution is 0.0423. The van der Waals surface area contributed by atoms with Crippen molar-refractivity contribution in [2.24, 2.45) is 17.8 Å². The summed E-state index contributed by atoms with van der Waals surface area (Å²) in [4.78, 5) is 12.1. The summed E-state index contributed by atoms with van der Waals surface area (Å²) in [7, 11) is 0. The topological polar surface area (TPSA) is 26.3 Å². The molecular weight excluding hydrogens is 308 g/mol. The van der Waals surface area contributed by atoms with Gasteiger partial charge in [-0.2, -0.15) is 0 Å². The van der Waals surface area contributed by atoms with Crippen LogP contribution in [0.5, 0.6) is 0 Å². The molecule has 0 aliphatic heterocycles. The van der Waals surface area contributed by atoms with Crippen LogP contribution < -0.4 is 0 Å². The van der Waals surface area contributed by atoms with Gasteiger partial charge in [-0.05, 0) is 48.3 Å². The average molecular weight is 332 g/mol. The Labute approximate surface area is 149 Å². The van der Waals surface area contributed by atoms with Crippen molar-refractivity contribution >= 4 is 12.0 Å². The number of carbonyl (C=O) groups is 1. The third-order valence-electron chi connectivity index (χ3n) is 4.89. The molecule has 1 fully saturated rings. The summed E-state index contributed by atoms with van der Waals surface area (Å²) < 4.78 is 5.54. The lowest BCUT2D eigenvalue weighted by atomic mass is 9.97. The first kappa shape index (κ1) is 17.2. The van der Waals surface area contributed by atoms with Gasteiger partial charge >= 0.3 is 5.97 Å². The molecule has 0 bridgehead atoms. The monoisotopic (exact) mass is 332 g/mol. The Morgan fingerprint density at radius 1 is 1.04 bits per heavy atom. The minimum atomic E-state index is -0.244. The van der Waals surface area contributed by atoms with Gasteiger partial charge in [-0.15, -0.1) is 6.58 Å². The number of allylic oxidation sites excluding steroid dienone is 2. The predicted octanol–water partition coefficient (Wildman–Crippen LogP) is 5.39. The Balaban J connectivity index is 1.55. The molecule has 3 rings (SSSR count). The predicted molar refractivity (Wildman–Crippen MR) is 102 cm³/mol. The summed E-state index contributed by atoms with van der Waals surface area (Å²) in [6.07, 6.45) is 8.58. The molecule has 2 aromatic rings.